The van der Waals surface area contributed by atoms with E-state index in [1.165, 1.54) is 28.1 Å². The summed E-state index contributed by atoms with van der Waals surface area (Å²) in [6.45, 7) is 11.1. The maximum Gasteiger partial charge on any atom is 0.105 e. The molecule has 1 N–H and O–H groups in total. The minimum Gasteiger partial charge on any atom is -0.498 e. The summed E-state index contributed by atoms with van der Waals surface area (Å²) >= 11 is 0. The van der Waals surface area contributed by atoms with Crippen LogP contribution < -0.4 is 0 Å². The molecular weight excluding hydrogens is 258 g/mol. The molecule has 106 valence electrons. The van der Waals surface area contributed by atoms with Crippen LogP contribution in [0.5, 0.6) is 0 Å². The van der Waals surface area contributed by atoms with E-state index in [0.29, 0.717) is 6.61 Å². The van der Waals surface area contributed by atoms with Crippen LogP contribution in [0.4, 0.5) is 0 Å². The zero-order valence-corrected chi connectivity index (χ0v) is 12.0. The Morgan fingerprint density at radius 2 is 1.71 bits per heavy atom. The summed E-state index contributed by atoms with van der Waals surface area (Å²) in [5, 5.41) is 2.54. The molecule has 0 saturated carbocycles. The van der Waals surface area contributed by atoms with E-state index in [-0.39, 0.29) is 0 Å². The van der Waals surface area contributed by atoms with Gasteiger partial charge in [0.25, 0.3) is 0 Å². The Morgan fingerprint density at radius 1 is 0.952 bits per heavy atom. The monoisotopic (exact) mass is 277 g/mol. The van der Waals surface area contributed by atoms with Gasteiger partial charge < -0.3 is 9.72 Å². The van der Waals surface area contributed by atoms with E-state index in [1.807, 2.05) is 12.1 Å². The van der Waals surface area contributed by atoms with Gasteiger partial charge in [-0.2, -0.15) is 0 Å². The van der Waals surface area contributed by atoms with Gasteiger partial charge in [-0.3, -0.25) is 0 Å². The number of aromatic amines is 1. The molecule has 3 rings (SSSR count). The predicted molar refractivity (Wildman–Crippen MR) is 92.2 cm³/mol. The van der Waals surface area contributed by atoms with Crippen LogP contribution in [0.15, 0.2) is 74.5 Å². The number of aromatic nitrogens is 1. The average molecular weight is 277 g/mol. The topological polar surface area (TPSA) is 25.0 Å². The second-order valence-electron chi connectivity index (χ2n) is 4.43. The van der Waals surface area contributed by atoms with Crippen LogP contribution in [0.3, 0.4) is 0 Å². The number of hydrogen-bond donors (Lipinski definition) is 1. The first kappa shape index (κ1) is 14.7. The fraction of sp³-hybridized carbons (Fsp3) is 0.0526. The van der Waals surface area contributed by atoms with Crippen molar-refractivity contribution < 1.29 is 4.74 Å². The molecule has 0 aliphatic carbocycles. The number of H-pyrrole nitrogens is 1. The van der Waals surface area contributed by atoms with Gasteiger partial charge in [-0.05, 0) is 11.6 Å². The van der Waals surface area contributed by atoms with Crippen molar-refractivity contribution in [2.75, 3.05) is 6.61 Å². The first-order chi connectivity index (χ1) is 10.3. The molecule has 3 aromatic rings. The van der Waals surface area contributed by atoms with Gasteiger partial charge in [0.15, 0.2) is 0 Å². The maximum atomic E-state index is 4.63. The average Bonchev–Trinajstić information content (AvgIpc) is 2.92. The van der Waals surface area contributed by atoms with Crippen molar-refractivity contribution in [2.45, 2.75) is 0 Å². The molecular formula is C19H19NO. The summed E-state index contributed by atoms with van der Waals surface area (Å²) in [6.07, 6.45) is 4.95. The smallest absolute Gasteiger partial charge is 0.105 e. The van der Waals surface area contributed by atoms with Crippen molar-refractivity contribution in [2.24, 2.45) is 0 Å². The lowest BCUT2D eigenvalue weighted by Crippen LogP contribution is -1.75. The Morgan fingerprint density at radius 3 is 2.38 bits per heavy atom. The molecule has 0 bridgehead atoms. The fourth-order valence-corrected chi connectivity index (χ4v) is 2.20. The lowest BCUT2D eigenvalue weighted by atomic mass is 10.1. The molecule has 1 heterocycles. The summed E-state index contributed by atoms with van der Waals surface area (Å²) in [6, 6.07) is 14.6. The standard InChI is InChI=1S/C14H11N.C5H8O/c1-2-10-6-5-8-12-11-7-3-4-9-13(11)15-14(10)12;1-3-5-6-4-2/h2-9,15H,1H2;3-4H,1-2,5H2. The first-order valence-corrected chi connectivity index (χ1v) is 6.77. The molecule has 1 aromatic heterocycles. The van der Waals surface area contributed by atoms with Crippen LogP contribution in [-0.4, -0.2) is 11.6 Å². The van der Waals surface area contributed by atoms with Gasteiger partial charge in [-0.15, -0.1) is 0 Å². The molecule has 0 saturated heterocycles. The summed E-state index contributed by atoms with van der Waals surface area (Å²) in [4.78, 5) is 3.43. The van der Waals surface area contributed by atoms with Crippen molar-refractivity contribution in [1.29, 1.82) is 0 Å². The number of benzene rings is 2. The van der Waals surface area contributed by atoms with E-state index in [2.05, 4.69) is 65.9 Å². The molecule has 0 radical (unpaired) electrons. The van der Waals surface area contributed by atoms with Crippen molar-refractivity contribution in [3.8, 4) is 0 Å². The lowest BCUT2D eigenvalue weighted by molar-refractivity contribution is 0.291. The summed E-state index contributed by atoms with van der Waals surface area (Å²) in [7, 11) is 0. The minimum absolute atomic E-state index is 0.559. The highest BCUT2D eigenvalue weighted by Crippen LogP contribution is 2.27. The van der Waals surface area contributed by atoms with Crippen molar-refractivity contribution in [3.05, 3.63) is 80.1 Å². The van der Waals surface area contributed by atoms with Crippen LogP contribution in [0.25, 0.3) is 27.9 Å². The third-order valence-corrected chi connectivity index (χ3v) is 3.13. The van der Waals surface area contributed by atoms with Crippen LogP contribution in [0.1, 0.15) is 5.56 Å². The van der Waals surface area contributed by atoms with E-state index in [9.17, 15) is 0 Å². The van der Waals surface area contributed by atoms with Gasteiger partial charge >= 0.3 is 0 Å². The highest BCUT2D eigenvalue weighted by Gasteiger charge is 2.04. The second kappa shape index (κ2) is 7.15. The van der Waals surface area contributed by atoms with Gasteiger partial charge in [0, 0.05) is 16.3 Å². The van der Waals surface area contributed by atoms with Gasteiger partial charge in [-0.1, -0.05) is 68.3 Å². The van der Waals surface area contributed by atoms with E-state index >= 15 is 0 Å². The first-order valence-electron chi connectivity index (χ1n) is 6.77. The van der Waals surface area contributed by atoms with E-state index in [0.717, 1.165) is 5.56 Å². The van der Waals surface area contributed by atoms with Crippen LogP contribution in [0.2, 0.25) is 0 Å². The van der Waals surface area contributed by atoms with E-state index in [4.69, 9.17) is 0 Å². The molecule has 2 nitrogen and oxygen atoms in total. The Balaban J connectivity index is 0.000000232. The predicted octanol–water partition coefficient (Wildman–Crippen LogP) is 5.30. The molecule has 0 aliphatic heterocycles. The summed E-state index contributed by atoms with van der Waals surface area (Å²) in [5.74, 6) is 0. The van der Waals surface area contributed by atoms with Gasteiger partial charge in [-0.25, -0.2) is 0 Å². The molecule has 21 heavy (non-hydrogen) atoms. The number of rotatable bonds is 4. The number of fused-ring (bicyclic) bond motifs is 3. The normalized spacial score (nSPS) is 9.71. The molecule has 0 unspecified atom stereocenters. The third kappa shape index (κ3) is 3.23. The Kier molecular flexibility index (Phi) is 4.99. The van der Waals surface area contributed by atoms with Crippen LogP contribution >= 0.6 is 0 Å². The third-order valence-electron chi connectivity index (χ3n) is 3.13. The van der Waals surface area contributed by atoms with Crippen molar-refractivity contribution in [3.63, 3.8) is 0 Å². The van der Waals surface area contributed by atoms with Gasteiger partial charge in [0.2, 0.25) is 0 Å². The molecule has 2 heteroatoms. The molecule has 0 amide bonds. The molecule has 0 atom stereocenters. The molecule has 0 fully saturated rings. The largest absolute Gasteiger partial charge is 0.498 e. The molecule has 0 aliphatic rings. The van der Waals surface area contributed by atoms with Gasteiger partial charge in [0.05, 0.1) is 11.8 Å². The zero-order chi connectivity index (χ0) is 15.1. The number of ether oxygens (including phenoxy) is 1. The SMILES string of the molecule is C=CCOC=C.C=Cc1cccc2c1[nH]c1ccccc12. The van der Waals surface area contributed by atoms with E-state index in [1.54, 1.807) is 6.08 Å². The Bertz CT molecular complexity index is 759. The number of para-hydroxylation sites is 2. The zero-order valence-electron chi connectivity index (χ0n) is 12.0. The highest BCUT2D eigenvalue weighted by molar-refractivity contribution is 6.09. The Hall–Kier alpha value is -2.74. The van der Waals surface area contributed by atoms with Crippen molar-refractivity contribution in [1.82, 2.24) is 4.98 Å². The molecule has 0 spiro atoms. The fourth-order valence-electron chi connectivity index (χ4n) is 2.20. The van der Waals surface area contributed by atoms with Crippen LogP contribution in [0, 0.1) is 0 Å². The number of nitrogens with one attached hydrogen (secondary N) is 1. The lowest BCUT2D eigenvalue weighted by Gasteiger charge is -1.94. The van der Waals surface area contributed by atoms with Gasteiger partial charge in [0.1, 0.15) is 6.61 Å². The van der Waals surface area contributed by atoms with Crippen LogP contribution in [-0.2, 0) is 4.74 Å². The van der Waals surface area contributed by atoms with E-state index < -0.39 is 0 Å². The highest BCUT2D eigenvalue weighted by atomic mass is 16.5. The maximum absolute atomic E-state index is 4.63. The molecule has 2 aromatic carbocycles. The summed E-state index contributed by atoms with van der Waals surface area (Å²) in [5.41, 5.74) is 3.51. The number of hydrogen-bond acceptors (Lipinski definition) is 1. The Labute approximate surface area is 125 Å². The van der Waals surface area contributed by atoms with Crippen molar-refractivity contribution >= 4 is 27.9 Å². The minimum atomic E-state index is 0.559. The quantitative estimate of drug-likeness (QED) is 0.391. The second-order valence-corrected chi connectivity index (χ2v) is 4.43. The summed E-state index contributed by atoms with van der Waals surface area (Å²) < 4.78 is 4.63.